The predicted octanol–water partition coefficient (Wildman–Crippen LogP) is 2.38. The summed E-state index contributed by atoms with van der Waals surface area (Å²) in [5.41, 5.74) is 0. The highest BCUT2D eigenvalue weighted by atomic mass is 79.9. The largest absolute Gasteiger partial charge is 0.304 e. The molecule has 10 heavy (non-hydrogen) atoms. The van der Waals surface area contributed by atoms with Crippen LogP contribution in [0.25, 0.3) is 0 Å². The Labute approximate surface area is 73.6 Å². The normalized spacial score (nSPS) is 9.40. The lowest BCUT2D eigenvalue weighted by atomic mass is 10.4. The number of hydrogen-bond acceptors (Lipinski definition) is 3. The summed E-state index contributed by atoms with van der Waals surface area (Å²) in [6.07, 6.45) is 0.756. The molecule has 0 radical (unpaired) electrons. The summed E-state index contributed by atoms with van der Waals surface area (Å²) in [5, 5.41) is 0. The molecule has 0 atom stereocenters. The van der Waals surface area contributed by atoms with Gasteiger partial charge in [-0.1, -0.05) is 24.9 Å². The number of rotatable bonds is 5. The Bertz CT molecular complexity index is 138. The van der Waals surface area contributed by atoms with Crippen molar-refractivity contribution in [1.29, 1.82) is 0 Å². The van der Waals surface area contributed by atoms with Crippen molar-refractivity contribution < 1.29 is 4.84 Å². The molecule has 4 heteroatoms. The Kier molecular flexibility index (Phi) is 6.11. The molecular weight excluding hydrogens is 214 g/mol. The van der Waals surface area contributed by atoms with Crippen molar-refractivity contribution >= 4 is 27.7 Å². The van der Waals surface area contributed by atoms with Crippen LogP contribution in [0.2, 0.25) is 0 Å². The number of nitrogens with two attached hydrogens (primary N) is 1. The average molecular weight is 224 g/mol. The number of halogens is 1. The van der Waals surface area contributed by atoms with E-state index in [1.165, 1.54) is 11.8 Å². The molecule has 0 bridgehead atoms. The van der Waals surface area contributed by atoms with E-state index in [0.717, 1.165) is 15.1 Å². The maximum absolute atomic E-state index is 4.82. The van der Waals surface area contributed by atoms with Gasteiger partial charge in [0, 0.05) is 10.2 Å². The van der Waals surface area contributed by atoms with Gasteiger partial charge in [0.1, 0.15) is 0 Å². The van der Waals surface area contributed by atoms with Crippen molar-refractivity contribution in [3.63, 3.8) is 0 Å². The first-order valence-corrected chi connectivity index (χ1v) is 4.29. The van der Waals surface area contributed by atoms with E-state index in [4.69, 9.17) is 5.90 Å². The van der Waals surface area contributed by atoms with Crippen LogP contribution in [0, 0.1) is 0 Å². The van der Waals surface area contributed by atoms with Crippen LogP contribution in [0.1, 0.15) is 6.42 Å². The van der Waals surface area contributed by atoms with Gasteiger partial charge in [0.15, 0.2) is 0 Å². The molecule has 0 aliphatic rings. The Balaban J connectivity index is 3.35. The molecule has 0 fully saturated rings. The van der Waals surface area contributed by atoms with E-state index < -0.39 is 0 Å². The summed E-state index contributed by atoms with van der Waals surface area (Å²) in [6.45, 7) is 7.92. The lowest BCUT2D eigenvalue weighted by molar-refractivity contribution is 0.142. The minimum atomic E-state index is 0.506. The summed E-state index contributed by atoms with van der Waals surface area (Å²) in [6, 6.07) is 0. The second kappa shape index (κ2) is 5.97. The SMILES string of the molecule is C=C(Br)SC(=C)CCON. The third kappa shape index (κ3) is 6.35. The van der Waals surface area contributed by atoms with E-state index in [2.05, 4.69) is 33.9 Å². The van der Waals surface area contributed by atoms with E-state index in [-0.39, 0.29) is 0 Å². The number of hydrogen-bond donors (Lipinski definition) is 1. The fourth-order valence-corrected chi connectivity index (χ4v) is 1.57. The highest BCUT2D eigenvalue weighted by Gasteiger charge is 1.95. The van der Waals surface area contributed by atoms with Gasteiger partial charge in [-0.25, -0.2) is 5.90 Å². The van der Waals surface area contributed by atoms with Crippen LogP contribution in [-0.2, 0) is 4.84 Å². The lowest BCUT2D eigenvalue weighted by Crippen LogP contribution is -2.00. The molecule has 2 N–H and O–H groups in total. The van der Waals surface area contributed by atoms with E-state index >= 15 is 0 Å². The van der Waals surface area contributed by atoms with Crippen LogP contribution >= 0.6 is 27.7 Å². The zero-order chi connectivity index (χ0) is 7.98. The van der Waals surface area contributed by atoms with Crippen molar-refractivity contribution in [3.8, 4) is 0 Å². The molecule has 2 nitrogen and oxygen atoms in total. The summed E-state index contributed by atoms with van der Waals surface area (Å²) < 4.78 is 0.856. The molecule has 0 amide bonds. The molecule has 0 unspecified atom stereocenters. The fourth-order valence-electron chi connectivity index (χ4n) is 0.380. The minimum absolute atomic E-state index is 0.506. The maximum atomic E-state index is 4.82. The third-order valence-corrected chi connectivity index (χ3v) is 1.95. The van der Waals surface area contributed by atoms with Crippen LogP contribution in [0.4, 0.5) is 0 Å². The first-order chi connectivity index (χ1) is 4.66. The van der Waals surface area contributed by atoms with E-state index in [1.807, 2.05) is 0 Å². The summed E-state index contributed by atoms with van der Waals surface area (Å²) >= 11 is 4.69. The molecule has 0 saturated carbocycles. The molecule has 0 spiro atoms. The van der Waals surface area contributed by atoms with Gasteiger partial charge in [0.05, 0.1) is 6.61 Å². The second-order valence-electron chi connectivity index (χ2n) is 1.62. The quantitative estimate of drug-likeness (QED) is 0.728. The monoisotopic (exact) mass is 223 g/mol. The van der Waals surface area contributed by atoms with Crippen LogP contribution in [-0.4, -0.2) is 6.61 Å². The van der Waals surface area contributed by atoms with Gasteiger partial charge in [0.2, 0.25) is 0 Å². The van der Waals surface area contributed by atoms with Crippen molar-refractivity contribution in [2.75, 3.05) is 6.61 Å². The molecule has 0 saturated heterocycles. The predicted molar refractivity (Wildman–Crippen MR) is 49.6 cm³/mol. The number of thioether (sulfide) groups is 1. The summed E-state index contributed by atoms with van der Waals surface area (Å²) in [4.78, 5) is 5.37. The molecule has 0 aromatic heterocycles. The second-order valence-corrected chi connectivity index (χ2v) is 4.37. The molecular formula is C6H10BrNOS. The van der Waals surface area contributed by atoms with Gasteiger partial charge >= 0.3 is 0 Å². The molecule has 0 heterocycles. The summed E-state index contributed by atoms with van der Waals surface area (Å²) in [5.74, 6) is 4.82. The zero-order valence-electron chi connectivity index (χ0n) is 5.60. The van der Waals surface area contributed by atoms with Crippen molar-refractivity contribution in [2.45, 2.75) is 6.42 Å². The smallest absolute Gasteiger partial charge is 0.0724 e. The minimum Gasteiger partial charge on any atom is -0.304 e. The van der Waals surface area contributed by atoms with Crippen molar-refractivity contribution in [2.24, 2.45) is 5.90 Å². The van der Waals surface area contributed by atoms with Gasteiger partial charge in [-0.15, -0.1) is 0 Å². The highest BCUT2D eigenvalue weighted by Crippen LogP contribution is 2.28. The standard InChI is InChI=1S/C6H10BrNOS/c1-5(3-4-9-8)10-6(2)7/h1-4,8H2. The van der Waals surface area contributed by atoms with E-state index in [1.54, 1.807) is 0 Å². The molecule has 0 aliphatic carbocycles. The third-order valence-electron chi connectivity index (χ3n) is 0.754. The molecule has 0 rings (SSSR count). The summed E-state index contributed by atoms with van der Waals surface area (Å²) in [7, 11) is 0. The van der Waals surface area contributed by atoms with Crippen molar-refractivity contribution in [1.82, 2.24) is 0 Å². The van der Waals surface area contributed by atoms with Gasteiger partial charge in [-0.3, -0.25) is 0 Å². The Morgan fingerprint density at radius 1 is 1.60 bits per heavy atom. The van der Waals surface area contributed by atoms with E-state index in [0.29, 0.717) is 6.61 Å². The first kappa shape index (κ1) is 10.2. The van der Waals surface area contributed by atoms with Gasteiger partial charge < -0.3 is 4.84 Å². The van der Waals surface area contributed by atoms with Gasteiger partial charge in [-0.05, 0) is 20.8 Å². The lowest BCUT2D eigenvalue weighted by Gasteiger charge is -2.00. The zero-order valence-corrected chi connectivity index (χ0v) is 8.00. The van der Waals surface area contributed by atoms with Crippen LogP contribution in [0.5, 0.6) is 0 Å². The van der Waals surface area contributed by atoms with Crippen LogP contribution in [0.3, 0.4) is 0 Å². The maximum Gasteiger partial charge on any atom is 0.0724 e. The van der Waals surface area contributed by atoms with Crippen LogP contribution < -0.4 is 5.90 Å². The average Bonchev–Trinajstić information content (AvgIpc) is 1.82. The van der Waals surface area contributed by atoms with E-state index in [9.17, 15) is 0 Å². The molecule has 0 aromatic rings. The Morgan fingerprint density at radius 2 is 2.20 bits per heavy atom. The van der Waals surface area contributed by atoms with Crippen LogP contribution in [0.15, 0.2) is 21.9 Å². The highest BCUT2D eigenvalue weighted by molar-refractivity contribution is 9.14. The van der Waals surface area contributed by atoms with Gasteiger partial charge in [0.25, 0.3) is 0 Å². The Morgan fingerprint density at radius 3 is 2.60 bits per heavy atom. The molecule has 0 aromatic carbocycles. The Hall–Kier alpha value is 0.230. The van der Waals surface area contributed by atoms with Gasteiger partial charge in [-0.2, -0.15) is 0 Å². The topological polar surface area (TPSA) is 35.2 Å². The molecule has 0 aliphatic heterocycles. The fraction of sp³-hybridized carbons (Fsp3) is 0.333. The first-order valence-electron chi connectivity index (χ1n) is 2.68. The molecule has 58 valence electrons. The van der Waals surface area contributed by atoms with Crippen molar-refractivity contribution in [3.05, 3.63) is 21.9 Å².